The molecule has 7 heteroatoms. The molecule has 0 spiro atoms. The van der Waals surface area contributed by atoms with Gasteiger partial charge in [0.1, 0.15) is 17.2 Å². The third-order valence-corrected chi connectivity index (χ3v) is 5.52. The highest BCUT2D eigenvalue weighted by atomic mass is 79.9. The van der Waals surface area contributed by atoms with Crippen molar-refractivity contribution < 1.29 is 17.9 Å². The number of para-hydroxylation sites is 1. The zero-order valence-corrected chi connectivity index (χ0v) is 16.2. The molecule has 26 heavy (non-hydrogen) atoms. The Morgan fingerprint density at radius 3 is 2.15 bits per heavy atom. The van der Waals surface area contributed by atoms with E-state index >= 15 is 0 Å². The van der Waals surface area contributed by atoms with Crippen molar-refractivity contribution >= 4 is 31.6 Å². The maximum Gasteiger partial charge on any atom is 0.261 e. The fraction of sp³-hybridized carbons (Fsp3) is 0.0526. The van der Waals surface area contributed by atoms with Gasteiger partial charge in [0.25, 0.3) is 10.0 Å². The van der Waals surface area contributed by atoms with Gasteiger partial charge in [-0.25, -0.2) is 8.42 Å². The molecule has 0 amide bonds. The maximum absolute atomic E-state index is 12.5. The van der Waals surface area contributed by atoms with E-state index in [1.54, 1.807) is 30.3 Å². The van der Waals surface area contributed by atoms with Crippen LogP contribution >= 0.6 is 15.9 Å². The molecule has 1 N–H and O–H groups in total. The summed E-state index contributed by atoms with van der Waals surface area (Å²) in [7, 11) is -2.19. The van der Waals surface area contributed by atoms with Gasteiger partial charge in [0.05, 0.1) is 16.5 Å². The van der Waals surface area contributed by atoms with Gasteiger partial charge in [-0.2, -0.15) is 0 Å². The van der Waals surface area contributed by atoms with Crippen LogP contribution in [-0.4, -0.2) is 15.5 Å². The number of benzene rings is 3. The van der Waals surface area contributed by atoms with Gasteiger partial charge in [0.2, 0.25) is 0 Å². The highest BCUT2D eigenvalue weighted by Gasteiger charge is 2.16. The molecule has 134 valence electrons. The number of methoxy groups -OCH3 is 1. The molecule has 0 unspecified atom stereocenters. The minimum absolute atomic E-state index is 0.134. The van der Waals surface area contributed by atoms with Crippen molar-refractivity contribution in [1.82, 2.24) is 0 Å². The van der Waals surface area contributed by atoms with Crippen LogP contribution in [0.2, 0.25) is 0 Å². The summed E-state index contributed by atoms with van der Waals surface area (Å²) in [6.45, 7) is 0. The van der Waals surface area contributed by atoms with Crippen molar-refractivity contribution in [2.24, 2.45) is 0 Å². The molecule has 0 atom stereocenters. The molecule has 0 fully saturated rings. The Bertz CT molecular complexity index is 990. The molecular weight excluding hydrogens is 418 g/mol. The number of hydrogen-bond acceptors (Lipinski definition) is 4. The Labute approximate surface area is 160 Å². The maximum atomic E-state index is 12.5. The molecule has 3 aromatic carbocycles. The summed E-state index contributed by atoms with van der Waals surface area (Å²) in [4.78, 5) is 0.134. The van der Waals surface area contributed by atoms with Crippen LogP contribution in [0.3, 0.4) is 0 Å². The highest BCUT2D eigenvalue weighted by molar-refractivity contribution is 9.10. The molecule has 0 bridgehead atoms. The largest absolute Gasteiger partial charge is 0.496 e. The van der Waals surface area contributed by atoms with E-state index < -0.39 is 10.0 Å². The zero-order chi connectivity index (χ0) is 18.6. The molecular formula is C19H16BrNO4S. The average Bonchev–Trinajstić information content (AvgIpc) is 2.64. The second-order valence-corrected chi connectivity index (χ2v) is 7.88. The Hall–Kier alpha value is -2.51. The van der Waals surface area contributed by atoms with Gasteiger partial charge < -0.3 is 9.47 Å². The molecule has 5 nitrogen and oxygen atoms in total. The molecule has 0 saturated carbocycles. The summed E-state index contributed by atoms with van der Waals surface area (Å²) in [6.07, 6.45) is 0. The smallest absolute Gasteiger partial charge is 0.261 e. The van der Waals surface area contributed by atoms with Crippen LogP contribution in [0.15, 0.2) is 82.2 Å². The normalized spacial score (nSPS) is 11.0. The first-order chi connectivity index (χ1) is 12.5. The molecule has 0 aliphatic heterocycles. The van der Waals surface area contributed by atoms with Crippen molar-refractivity contribution in [3.05, 3.63) is 77.3 Å². The summed E-state index contributed by atoms with van der Waals surface area (Å²) >= 11 is 3.29. The fourth-order valence-electron chi connectivity index (χ4n) is 2.24. The van der Waals surface area contributed by atoms with Gasteiger partial charge in [-0.3, -0.25) is 4.72 Å². The van der Waals surface area contributed by atoms with Crippen LogP contribution < -0.4 is 14.2 Å². The van der Waals surface area contributed by atoms with Gasteiger partial charge in [0, 0.05) is 5.69 Å². The highest BCUT2D eigenvalue weighted by Crippen LogP contribution is 2.29. The minimum Gasteiger partial charge on any atom is -0.496 e. The quantitative estimate of drug-likeness (QED) is 0.590. The van der Waals surface area contributed by atoms with Crippen LogP contribution in [0.1, 0.15) is 0 Å². The fourth-order valence-corrected chi connectivity index (χ4v) is 4.02. The summed E-state index contributed by atoms with van der Waals surface area (Å²) in [5.74, 6) is 1.89. The van der Waals surface area contributed by atoms with Crippen LogP contribution in [0.5, 0.6) is 17.2 Å². The lowest BCUT2D eigenvalue weighted by Gasteiger charge is -2.11. The molecule has 3 aromatic rings. The molecule has 3 rings (SSSR count). The lowest BCUT2D eigenvalue weighted by atomic mass is 10.3. The molecule has 0 saturated heterocycles. The van der Waals surface area contributed by atoms with Gasteiger partial charge in [-0.05, 0) is 70.5 Å². The second kappa shape index (κ2) is 7.80. The first-order valence-electron chi connectivity index (χ1n) is 7.67. The van der Waals surface area contributed by atoms with E-state index in [4.69, 9.17) is 9.47 Å². The number of sulfonamides is 1. The van der Waals surface area contributed by atoms with E-state index in [2.05, 4.69) is 20.7 Å². The second-order valence-electron chi connectivity index (χ2n) is 5.34. The predicted molar refractivity (Wildman–Crippen MR) is 104 cm³/mol. The van der Waals surface area contributed by atoms with Crippen LogP contribution in [0.4, 0.5) is 5.69 Å². The number of nitrogens with one attached hydrogen (secondary N) is 1. The van der Waals surface area contributed by atoms with E-state index in [9.17, 15) is 8.42 Å². The van der Waals surface area contributed by atoms with E-state index in [0.717, 1.165) is 0 Å². The summed E-state index contributed by atoms with van der Waals surface area (Å²) < 4.78 is 39.0. The molecule has 0 aliphatic carbocycles. The monoisotopic (exact) mass is 433 g/mol. The number of ether oxygens (including phenoxy) is 2. The summed E-state index contributed by atoms with van der Waals surface area (Å²) in [5, 5.41) is 0. The average molecular weight is 434 g/mol. The van der Waals surface area contributed by atoms with E-state index in [0.29, 0.717) is 27.4 Å². The van der Waals surface area contributed by atoms with Crippen LogP contribution in [0.25, 0.3) is 0 Å². The first kappa shape index (κ1) is 18.3. The van der Waals surface area contributed by atoms with Crippen molar-refractivity contribution in [2.75, 3.05) is 11.8 Å². The van der Waals surface area contributed by atoms with Crippen molar-refractivity contribution in [3.63, 3.8) is 0 Å². The Morgan fingerprint density at radius 1 is 0.885 bits per heavy atom. The molecule has 0 heterocycles. The van der Waals surface area contributed by atoms with E-state index in [-0.39, 0.29) is 4.90 Å². The predicted octanol–water partition coefficient (Wildman–Crippen LogP) is 5.05. The third-order valence-electron chi connectivity index (χ3n) is 3.52. The summed E-state index contributed by atoms with van der Waals surface area (Å²) in [5.41, 5.74) is 0.442. The molecule has 0 aromatic heterocycles. The minimum atomic E-state index is -3.71. The van der Waals surface area contributed by atoms with E-state index in [1.807, 2.05) is 30.3 Å². The van der Waals surface area contributed by atoms with Gasteiger partial charge in [0.15, 0.2) is 0 Å². The van der Waals surface area contributed by atoms with Gasteiger partial charge in [-0.15, -0.1) is 0 Å². The lowest BCUT2D eigenvalue weighted by Crippen LogP contribution is -2.12. The Morgan fingerprint density at radius 2 is 1.54 bits per heavy atom. The molecule has 0 radical (unpaired) electrons. The zero-order valence-electron chi connectivity index (χ0n) is 13.8. The first-order valence-corrected chi connectivity index (χ1v) is 9.95. The number of halogens is 1. The Kier molecular flexibility index (Phi) is 5.49. The third kappa shape index (κ3) is 4.36. The number of anilines is 1. The van der Waals surface area contributed by atoms with Gasteiger partial charge >= 0.3 is 0 Å². The van der Waals surface area contributed by atoms with Gasteiger partial charge in [-0.1, -0.05) is 18.2 Å². The van der Waals surface area contributed by atoms with Crippen LogP contribution in [0, 0.1) is 0 Å². The standard InChI is InChI=1S/C19H16BrNO4S/c1-24-19-12-11-17(13-18(19)20)26(22,23)21-14-7-9-16(10-8-14)25-15-5-3-2-4-6-15/h2-13,21H,1H3. The number of hydrogen-bond donors (Lipinski definition) is 1. The van der Waals surface area contributed by atoms with Crippen molar-refractivity contribution in [1.29, 1.82) is 0 Å². The van der Waals surface area contributed by atoms with Crippen molar-refractivity contribution in [2.45, 2.75) is 4.90 Å². The van der Waals surface area contributed by atoms with Crippen molar-refractivity contribution in [3.8, 4) is 17.2 Å². The lowest BCUT2D eigenvalue weighted by molar-refractivity contribution is 0.411. The van der Waals surface area contributed by atoms with Crippen LogP contribution in [-0.2, 0) is 10.0 Å². The topological polar surface area (TPSA) is 64.6 Å². The Balaban J connectivity index is 1.74. The molecule has 0 aliphatic rings. The summed E-state index contributed by atoms with van der Waals surface area (Å²) in [6, 6.07) is 20.6. The van der Waals surface area contributed by atoms with E-state index in [1.165, 1.54) is 19.2 Å². The SMILES string of the molecule is COc1ccc(S(=O)(=O)Nc2ccc(Oc3ccccc3)cc2)cc1Br. The number of rotatable bonds is 6.